The molecule has 4 aromatic carbocycles. The Morgan fingerprint density at radius 2 is 1.54 bits per heavy atom. The first-order valence-electron chi connectivity index (χ1n) is 13.0. The van der Waals surface area contributed by atoms with Crippen LogP contribution in [0.3, 0.4) is 0 Å². The molecule has 1 N–H and O–H groups in total. The minimum atomic E-state index is 0.851. The van der Waals surface area contributed by atoms with E-state index >= 15 is 0 Å². The molecule has 0 aliphatic carbocycles. The molecule has 5 nitrogen and oxygen atoms in total. The summed E-state index contributed by atoms with van der Waals surface area (Å²) in [6, 6.07) is 31.9. The first-order valence-corrected chi connectivity index (χ1v) is 16.3. The number of aromatic amines is 1. The molecule has 0 fully saturated rings. The lowest BCUT2D eigenvalue weighted by Crippen LogP contribution is -1.92. The fourth-order valence-electron chi connectivity index (χ4n) is 5.45. The predicted octanol–water partition coefficient (Wildman–Crippen LogP) is 10.1. The Kier molecular flexibility index (Phi) is 5.21. The largest absolute Gasteiger partial charge is 0.338 e. The maximum atomic E-state index is 5.35. The standard InChI is InChI=1S/C32H17N5S4/c1-4-11-22-17(7-1)15-25(39-22)28-27(31-33-20-9-2-3-10-21(20)34-31)19(23-13-6-14-38-23)16-26-30(28)35-32(40-26)18-8-5-12-24-29(18)36-37-41-24/h1-16H,(H,33,34). The highest BCUT2D eigenvalue weighted by Crippen LogP contribution is 2.50. The molecule has 0 amide bonds. The Balaban J connectivity index is 1.43. The topological polar surface area (TPSA) is 67.3 Å². The van der Waals surface area contributed by atoms with E-state index in [2.05, 4.69) is 98.8 Å². The van der Waals surface area contributed by atoms with Gasteiger partial charge in [-0.1, -0.05) is 47.0 Å². The molecule has 9 aromatic rings. The Morgan fingerprint density at radius 3 is 2.44 bits per heavy atom. The zero-order valence-electron chi connectivity index (χ0n) is 21.2. The van der Waals surface area contributed by atoms with Crippen LogP contribution in [-0.2, 0) is 0 Å². The van der Waals surface area contributed by atoms with E-state index in [1.807, 2.05) is 12.1 Å². The number of imidazole rings is 1. The zero-order chi connectivity index (χ0) is 26.9. The molecule has 0 bridgehead atoms. The van der Waals surface area contributed by atoms with Crippen LogP contribution in [-0.4, -0.2) is 24.5 Å². The van der Waals surface area contributed by atoms with Crippen molar-refractivity contribution in [3.8, 4) is 42.8 Å². The molecule has 41 heavy (non-hydrogen) atoms. The number of hydrogen-bond acceptors (Lipinski definition) is 8. The summed E-state index contributed by atoms with van der Waals surface area (Å²) in [5.74, 6) is 0.851. The van der Waals surface area contributed by atoms with E-state index in [0.717, 1.165) is 64.6 Å². The summed E-state index contributed by atoms with van der Waals surface area (Å²) in [5.41, 5.74) is 8.20. The average Bonchev–Trinajstić information content (AvgIpc) is 3.83. The monoisotopic (exact) mass is 599 g/mol. The van der Waals surface area contributed by atoms with Crippen LogP contribution in [0.15, 0.2) is 96.4 Å². The molecule has 194 valence electrons. The smallest absolute Gasteiger partial charge is 0.139 e. The van der Waals surface area contributed by atoms with Crippen molar-refractivity contribution in [2.45, 2.75) is 0 Å². The minimum Gasteiger partial charge on any atom is -0.338 e. The van der Waals surface area contributed by atoms with Crippen molar-refractivity contribution in [1.29, 1.82) is 0 Å². The summed E-state index contributed by atoms with van der Waals surface area (Å²) < 4.78 is 7.66. The highest BCUT2D eigenvalue weighted by molar-refractivity contribution is 7.23. The number of rotatable bonds is 4. The molecule has 9 heteroatoms. The molecule has 0 atom stereocenters. The third-order valence-electron chi connectivity index (χ3n) is 7.28. The van der Waals surface area contributed by atoms with Crippen LogP contribution >= 0.6 is 45.5 Å². The fourth-order valence-corrected chi connectivity index (χ4v) is 8.94. The molecule has 0 radical (unpaired) electrons. The number of H-pyrrole nitrogens is 1. The summed E-state index contributed by atoms with van der Waals surface area (Å²) in [6.45, 7) is 0. The molecule has 0 spiro atoms. The maximum Gasteiger partial charge on any atom is 0.139 e. The lowest BCUT2D eigenvalue weighted by Gasteiger charge is -2.13. The fraction of sp³-hybridized carbons (Fsp3) is 0. The minimum absolute atomic E-state index is 0.851. The summed E-state index contributed by atoms with van der Waals surface area (Å²) in [6.07, 6.45) is 0. The number of thiophene rings is 2. The number of benzene rings is 4. The SMILES string of the molecule is c1csc(-c2cc3sc(-c4cccc5snnc45)nc3c(-c3cc4ccccc4s3)c2-c2nc3ccccc3[nH]2)c1. The van der Waals surface area contributed by atoms with E-state index in [1.165, 1.54) is 31.4 Å². The number of nitrogens with one attached hydrogen (secondary N) is 1. The predicted molar refractivity (Wildman–Crippen MR) is 175 cm³/mol. The molecule has 0 saturated heterocycles. The maximum absolute atomic E-state index is 5.35. The van der Waals surface area contributed by atoms with Crippen LogP contribution in [0.5, 0.6) is 0 Å². The summed E-state index contributed by atoms with van der Waals surface area (Å²) in [5, 5.41) is 8.75. The van der Waals surface area contributed by atoms with Gasteiger partial charge in [-0.3, -0.25) is 0 Å². The van der Waals surface area contributed by atoms with E-state index in [9.17, 15) is 0 Å². The van der Waals surface area contributed by atoms with Gasteiger partial charge >= 0.3 is 0 Å². The van der Waals surface area contributed by atoms with Gasteiger partial charge < -0.3 is 4.98 Å². The van der Waals surface area contributed by atoms with E-state index in [-0.39, 0.29) is 0 Å². The molecule has 5 aromatic heterocycles. The first-order chi connectivity index (χ1) is 20.3. The van der Waals surface area contributed by atoms with E-state index in [0.29, 0.717) is 0 Å². The first kappa shape index (κ1) is 23.4. The quantitative estimate of drug-likeness (QED) is 0.219. The van der Waals surface area contributed by atoms with Crippen LogP contribution in [0, 0.1) is 0 Å². The van der Waals surface area contributed by atoms with Gasteiger partial charge in [0.2, 0.25) is 0 Å². The van der Waals surface area contributed by atoms with Gasteiger partial charge in [-0.15, -0.1) is 39.1 Å². The van der Waals surface area contributed by atoms with Gasteiger partial charge in [0, 0.05) is 36.7 Å². The van der Waals surface area contributed by atoms with E-state index in [1.54, 1.807) is 34.0 Å². The molecule has 0 aliphatic heterocycles. The van der Waals surface area contributed by atoms with Gasteiger partial charge in [-0.05, 0) is 70.8 Å². The Morgan fingerprint density at radius 1 is 0.634 bits per heavy atom. The highest BCUT2D eigenvalue weighted by Gasteiger charge is 2.25. The van der Waals surface area contributed by atoms with Crippen molar-refractivity contribution in [3.05, 3.63) is 96.4 Å². The zero-order valence-corrected chi connectivity index (χ0v) is 24.4. The third kappa shape index (κ3) is 3.70. The normalized spacial score (nSPS) is 11.9. The van der Waals surface area contributed by atoms with Gasteiger partial charge in [0.15, 0.2) is 0 Å². The van der Waals surface area contributed by atoms with Crippen molar-refractivity contribution in [2.24, 2.45) is 0 Å². The number of hydrogen-bond donors (Lipinski definition) is 1. The van der Waals surface area contributed by atoms with Gasteiger partial charge in [-0.25, -0.2) is 9.97 Å². The van der Waals surface area contributed by atoms with E-state index in [4.69, 9.17) is 9.97 Å². The second-order valence-corrected chi connectivity index (χ2v) is 13.5. The molecular weight excluding hydrogens is 583 g/mol. The lowest BCUT2D eigenvalue weighted by molar-refractivity contribution is 1.20. The van der Waals surface area contributed by atoms with Crippen molar-refractivity contribution in [1.82, 2.24) is 24.5 Å². The average molecular weight is 600 g/mol. The van der Waals surface area contributed by atoms with Gasteiger partial charge in [0.25, 0.3) is 0 Å². The van der Waals surface area contributed by atoms with Crippen molar-refractivity contribution in [2.75, 3.05) is 0 Å². The number of fused-ring (bicyclic) bond motifs is 4. The van der Waals surface area contributed by atoms with Crippen LogP contribution in [0.1, 0.15) is 0 Å². The molecule has 5 heterocycles. The number of nitrogens with zero attached hydrogens (tertiary/aromatic N) is 4. The van der Waals surface area contributed by atoms with Crippen molar-refractivity contribution in [3.63, 3.8) is 0 Å². The van der Waals surface area contributed by atoms with Gasteiger partial charge in [0.1, 0.15) is 16.3 Å². The van der Waals surface area contributed by atoms with Crippen molar-refractivity contribution >= 4 is 87.1 Å². The van der Waals surface area contributed by atoms with E-state index < -0.39 is 0 Å². The molecule has 0 saturated carbocycles. The summed E-state index contributed by atoms with van der Waals surface area (Å²) in [7, 11) is 0. The molecule has 0 unspecified atom stereocenters. The number of thiazole rings is 1. The van der Waals surface area contributed by atoms with Crippen LogP contribution in [0.4, 0.5) is 0 Å². The Hall–Kier alpha value is -4.28. The third-order valence-corrected chi connectivity index (χ3v) is 11.0. The number of para-hydroxylation sites is 2. The number of aromatic nitrogens is 5. The van der Waals surface area contributed by atoms with Crippen LogP contribution in [0.25, 0.3) is 84.4 Å². The Labute approximate surface area is 249 Å². The summed E-state index contributed by atoms with van der Waals surface area (Å²) in [4.78, 5) is 16.5. The second-order valence-electron chi connectivity index (χ2n) is 9.69. The highest BCUT2D eigenvalue weighted by atomic mass is 32.1. The molecular formula is C32H17N5S4. The van der Waals surface area contributed by atoms with Crippen LogP contribution in [0.2, 0.25) is 0 Å². The van der Waals surface area contributed by atoms with Crippen molar-refractivity contribution < 1.29 is 0 Å². The molecule has 9 rings (SSSR count). The Bertz CT molecular complexity index is 2320. The second kappa shape index (κ2) is 9.12. The molecule has 0 aliphatic rings. The summed E-state index contributed by atoms with van der Waals surface area (Å²) >= 11 is 6.67. The van der Waals surface area contributed by atoms with Gasteiger partial charge in [0.05, 0.1) is 25.9 Å². The van der Waals surface area contributed by atoms with Gasteiger partial charge in [-0.2, -0.15) is 0 Å². The van der Waals surface area contributed by atoms with Crippen LogP contribution < -0.4 is 0 Å². The lowest BCUT2D eigenvalue weighted by atomic mass is 9.96.